The van der Waals surface area contributed by atoms with Gasteiger partial charge >= 0.3 is 0 Å². The highest BCUT2D eigenvalue weighted by Crippen LogP contribution is 2.18. The van der Waals surface area contributed by atoms with Gasteiger partial charge < -0.3 is 0 Å². The van der Waals surface area contributed by atoms with Crippen LogP contribution >= 0.6 is 0 Å². The molecule has 0 aliphatic carbocycles. The maximum Gasteiger partial charge on any atom is 0.0840 e. The zero-order valence-corrected chi connectivity index (χ0v) is 11.8. The Kier molecular flexibility index (Phi) is 10.0. The minimum absolute atomic E-state index is 0.0145. The third kappa shape index (κ3) is 10.4. The zero-order chi connectivity index (χ0) is 12.3. The minimum Gasteiger partial charge on any atom is -0.296 e. The molecule has 2 heteroatoms. The predicted molar refractivity (Wildman–Crippen MR) is 71.5 cm³/mol. The quantitative estimate of drug-likeness (QED) is 0.417. The molecule has 0 bridgehead atoms. The molecule has 0 rings (SSSR count). The van der Waals surface area contributed by atoms with E-state index in [1.807, 2.05) is 0 Å². The summed E-state index contributed by atoms with van der Waals surface area (Å²) in [6, 6.07) is 0. The van der Waals surface area contributed by atoms with Crippen molar-refractivity contribution < 1.29 is 4.84 Å². The average Bonchev–Trinajstić information content (AvgIpc) is 2.25. The van der Waals surface area contributed by atoms with E-state index >= 15 is 0 Å². The van der Waals surface area contributed by atoms with Gasteiger partial charge in [-0.25, -0.2) is 5.48 Å². The Morgan fingerprint density at radius 3 is 2.00 bits per heavy atom. The fourth-order valence-electron chi connectivity index (χ4n) is 1.83. The molecule has 0 aromatic rings. The largest absolute Gasteiger partial charge is 0.296 e. The molecule has 0 amide bonds. The molecule has 0 heterocycles. The van der Waals surface area contributed by atoms with Gasteiger partial charge in [-0.05, 0) is 20.3 Å². The second kappa shape index (κ2) is 10.1. The molecule has 0 atom stereocenters. The molecular weight excluding hydrogens is 198 g/mol. The smallest absolute Gasteiger partial charge is 0.0840 e. The molecule has 0 aromatic heterocycles. The van der Waals surface area contributed by atoms with Gasteiger partial charge in [-0.1, -0.05) is 58.8 Å². The van der Waals surface area contributed by atoms with E-state index in [9.17, 15) is 0 Å². The Bertz CT molecular complexity index is 146. The summed E-state index contributed by atoms with van der Waals surface area (Å²) in [4.78, 5) is 5.57. The first-order valence-electron chi connectivity index (χ1n) is 7.03. The summed E-state index contributed by atoms with van der Waals surface area (Å²) in [5.41, 5.74) is 2.94. The first-order valence-corrected chi connectivity index (χ1v) is 7.03. The van der Waals surface area contributed by atoms with Crippen molar-refractivity contribution in [1.29, 1.82) is 0 Å². The van der Waals surface area contributed by atoms with E-state index in [1.165, 1.54) is 44.9 Å². The van der Waals surface area contributed by atoms with Crippen LogP contribution in [0.1, 0.15) is 79.1 Å². The number of unbranched alkanes of at least 4 members (excludes halogenated alkanes) is 6. The molecule has 0 fully saturated rings. The van der Waals surface area contributed by atoms with Gasteiger partial charge in [-0.3, -0.25) is 4.84 Å². The molecule has 0 radical (unpaired) electrons. The molecular formula is C14H31NO. The van der Waals surface area contributed by atoms with Crippen LogP contribution in [0.4, 0.5) is 0 Å². The lowest BCUT2D eigenvalue weighted by molar-refractivity contribution is -0.0876. The van der Waals surface area contributed by atoms with Crippen molar-refractivity contribution in [3.05, 3.63) is 0 Å². The normalized spacial score (nSPS) is 12.0. The molecule has 1 N–H and O–H groups in total. The van der Waals surface area contributed by atoms with Crippen molar-refractivity contribution in [2.45, 2.75) is 84.7 Å². The molecule has 0 aliphatic rings. The summed E-state index contributed by atoms with van der Waals surface area (Å²) < 4.78 is 0. The second-order valence-electron chi connectivity index (χ2n) is 5.23. The number of nitrogens with one attached hydrogen (secondary N) is 1. The van der Waals surface area contributed by atoms with Crippen molar-refractivity contribution in [2.24, 2.45) is 0 Å². The Labute approximate surface area is 102 Å². The van der Waals surface area contributed by atoms with Crippen LogP contribution in [0.5, 0.6) is 0 Å². The van der Waals surface area contributed by atoms with Gasteiger partial charge in [0, 0.05) is 6.54 Å². The van der Waals surface area contributed by atoms with Gasteiger partial charge in [-0.15, -0.1) is 0 Å². The number of rotatable bonds is 11. The van der Waals surface area contributed by atoms with Crippen molar-refractivity contribution in [1.82, 2.24) is 5.48 Å². The van der Waals surface area contributed by atoms with Gasteiger partial charge in [0.15, 0.2) is 0 Å². The van der Waals surface area contributed by atoms with Crippen LogP contribution in [0.2, 0.25) is 0 Å². The van der Waals surface area contributed by atoms with E-state index < -0.39 is 0 Å². The lowest BCUT2D eigenvalue weighted by Crippen LogP contribution is -2.32. The van der Waals surface area contributed by atoms with Crippen LogP contribution in [-0.4, -0.2) is 12.1 Å². The van der Waals surface area contributed by atoms with Gasteiger partial charge in [-0.2, -0.15) is 0 Å². The van der Waals surface area contributed by atoms with Gasteiger partial charge in [0.2, 0.25) is 0 Å². The SMILES string of the molecule is CCCCCCCCCC(C)(C)ONCC. The molecule has 16 heavy (non-hydrogen) atoms. The van der Waals surface area contributed by atoms with Gasteiger partial charge in [0.25, 0.3) is 0 Å². The van der Waals surface area contributed by atoms with Crippen LogP contribution in [0.15, 0.2) is 0 Å². The van der Waals surface area contributed by atoms with E-state index in [0.29, 0.717) is 0 Å². The summed E-state index contributed by atoms with van der Waals surface area (Å²) in [6.45, 7) is 9.52. The van der Waals surface area contributed by atoms with E-state index in [0.717, 1.165) is 13.0 Å². The molecule has 2 nitrogen and oxygen atoms in total. The Morgan fingerprint density at radius 1 is 0.875 bits per heavy atom. The lowest BCUT2D eigenvalue weighted by atomic mass is 9.99. The highest BCUT2D eigenvalue weighted by molar-refractivity contribution is 4.67. The highest BCUT2D eigenvalue weighted by atomic mass is 16.7. The van der Waals surface area contributed by atoms with Crippen molar-refractivity contribution in [2.75, 3.05) is 6.54 Å². The predicted octanol–water partition coefficient (Wildman–Crippen LogP) is 4.45. The maximum absolute atomic E-state index is 5.57. The summed E-state index contributed by atoms with van der Waals surface area (Å²) in [5, 5.41) is 0. The molecule has 0 saturated heterocycles. The monoisotopic (exact) mass is 229 g/mol. The summed E-state index contributed by atoms with van der Waals surface area (Å²) >= 11 is 0. The second-order valence-corrected chi connectivity index (χ2v) is 5.23. The van der Waals surface area contributed by atoms with Crippen LogP contribution in [0.25, 0.3) is 0 Å². The molecule has 0 saturated carbocycles. The van der Waals surface area contributed by atoms with Crippen LogP contribution in [0, 0.1) is 0 Å². The van der Waals surface area contributed by atoms with Gasteiger partial charge in [0.1, 0.15) is 0 Å². The molecule has 0 aliphatic heterocycles. The van der Waals surface area contributed by atoms with Crippen LogP contribution in [0.3, 0.4) is 0 Å². The molecule has 0 aromatic carbocycles. The van der Waals surface area contributed by atoms with Gasteiger partial charge in [0.05, 0.1) is 5.60 Å². The standard InChI is InChI=1S/C14H31NO/c1-5-7-8-9-10-11-12-13-14(3,4)16-15-6-2/h15H,5-13H2,1-4H3. The minimum atomic E-state index is -0.0145. The highest BCUT2D eigenvalue weighted by Gasteiger charge is 2.17. The van der Waals surface area contributed by atoms with Crippen LogP contribution in [-0.2, 0) is 4.84 Å². The Morgan fingerprint density at radius 2 is 1.44 bits per heavy atom. The fraction of sp³-hybridized carbons (Fsp3) is 1.00. The number of hydrogen-bond acceptors (Lipinski definition) is 2. The summed E-state index contributed by atoms with van der Waals surface area (Å²) in [7, 11) is 0. The van der Waals surface area contributed by atoms with E-state index in [-0.39, 0.29) is 5.60 Å². The fourth-order valence-corrected chi connectivity index (χ4v) is 1.83. The Hall–Kier alpha value is -0.0800. The first-order chi connectivity index (χ1) is 7.62. The average molecular weight is 229 g/mol. The molecule has 98 valence electrons. The van der Waals surface area contributed by atoms with E-state index in [1.54, 1.807) is 0 Å². The summed E-state index contributed by atoms with van der Waals surface area (Å²) in [6.07, 6.45) is 10.7. The summed E-state index contributed by atoms with van der Waals surface area (Å²) in [5.74, 6) is 0. The molecule has 0 spiro atoms. The first kappa shape index (κ1) is 15.9. The van der Waals surface area contributed by atoms with E-state index in [2.05, 4.69) is 33.2 Å². The molecule has 0 unspecified atom stereocenters. The topological polar surface area (TPSA) is 21.3 Å². The maximum atomic E-state index is 5.57. The van der Waals surface area contributed by atoms with E-state index in [4.69, 9.17) is 4.84 Å². The third-order valence-electron chi connectivity index (χ3n) is 2.88. The lowest BCUT2D eigenvalue weighted by Gasteiger charge is -2.24. The third-order valence-corrected chi connectivity index (χ3v) is 2.88. The zero-order valence-electron chi connectivity index (χ0n) is 11.8. The van der Waals surface area contributed by atoms with Crippen molar-refractivity contribution >= 4 is 0 Å². The van der Waals surface area contributed by atoms with Crippen molar-refractivity contribution in [3.63, 3.8) is 0 Å². The van der Waals surface area contributed by atoms with Crippen LogP contribution < -0.4 is 5.48 Å². The Balaban J connectivity index is 3.29. The number of hydrogen-bond donors (Lipinski definition) is 1. The number of hydroxylamine groups is 1. The van der Waals surface area contributed by atoms with Crippen molar-refractivity contribution in [3.8, 4) is 0 Å².